The highest BCUT2D eigenvalue weighted by atomic mass is 32.2. The predicted molar refractivity (Wildman–Crippen MR) is 95.9 cm³/mol. The highest BCUT2D eigenvalue weighted by molar-refractivity contribution is 7.99. The minimum atomic E-state index is -0.454. The van der Waals surface area contributed by atoms with Gasteiger partial charge in [0.1, 0.15) is 0 Å². The van der Waals surface area contributed by atoms with Gasteiger partial charge in [0.05, 0.1) is 6.04 Å². The Labute approximate surface area is 145 Å². The molecule has 1 aliphatic heterocycles. The van der Waals surface area contributed by atoms with Gasteiger partial charge < -0.3 is 11.1 Å². The molecule has 0 fully saturated rings. The summed E-state index contributed by atoms with van der Waals surface area (Å²) >= 11 is 1.83. The van der Waals surface area contributed by atoms with Crippen LogP contribution in [0.2, 0.25) is 0 Å². The summed E-state index contributed by atoms with van der Waals surface area (Å²) in [7, 11) is 0. The zero-order valence-corrected chi connectivity index (χ0v) is 14.1. The fourth-order valence-electron chi connectivity index (χ4n) is 2.99. The highest BCUT2D eigenvalue weighted by Crippen LogP contribution is 2.35. The molecule has 0 spiro atoms. The lowest BCUT2D eigenvalue weighted by atomic mass is 10.0. The van der Waals surface area contributed by atoms with Crippen molar-refractivity contribution in [3.63, 3.8) is 0 Å². The van der Waals surface area contributed by atoms with Gasteiger partial charge in [0.15, 0.2) is 0 Å². The number of benzene rings is 2. The van der Waals surface area contributed by atoms with Crippen molar-refractivity contribution >= 4 is 23.6 Å². The van der Waals surface area contributed by atoms with Crippen molar-refractivity contribution in [2.24, 2.45) is 5.73 Å². The van der Waals surface area contributed by atoms with Gasteiger partial charge in [0.2, 0.25) is 11.8 Å². The molecule has 124 valence electrons. The van der Waals surface area contributed by atoms with Crippen LogP contribution >= 0.6 is 11.8 Å². The largest absolute Gasteiger partial charge is 0.366 e. The summed E-state index contributed by atoms with van der Waals surface area (Å²) in [4.78, 5) is 25.0. The maximum absolute atomic E-state index is 12.3. The molecule has 2 aromatic carbocycles. The van der Waals surface area contributed by atoms with E-state index in [9.17, 15) is 9.59 Å². The molecule has 2 amide bonds. The Hall–Kier alpha value is -2.27. The number of hydrogen-bond acceptors (Lipinski definition) is 3. The molecule has 5 heteroatoms. The summed E-state index contributed by atoms with van der Waals surface area (Å²) in [5.41, 5.74) is 7.89. The summed E-state index contributed by atoms with van der Waals surface area (Å²) in [6.45, 7) is 0. The van der Waals surface area contributed by atoms with E-state index >= 15 is 0 Å². The van der Waals surface area contributed by atoms with Gasteiger partial charge in [0.25, 0.3) is 0 Å². The molecule has 0 radical (unpaired) electrons. The van der Waals surface area contributed by atoms with E-state index in [0.717, 1.165) is 17.7 Å². The third-order valence-corrected chi connectivity index (χ3v) is 5.32. The Morgan fingerprint density at radius 3 is 2.71 bits per heavy atom. The van der Waals surface area contributed by atoms with Crippen LogP contribution in [-0.2, 0) is 11.2 Å². The zero-order chi connectivity index (χ0) is 16.9. The Kier molecular flexibility index (Phi) is 5.20. The van der Waals surface area contributed by atoms with Crippen molar-refractivity contribution < 1.29 is 9.59 Å². The predicted octanol–water partition coefficient (Wildman–Crippen LogP) is 3.07. The standard InChI is InChI=1S/C19H20N2O2S/c20-19(23)14-6-2-1-5-13(14)9-10-18(22)21-16-11-12-24-17-8-4-3-7-15(16)17/h1-8,16H,9-12H2,(H2,20,23)(H,21,22). The molecule has 0 saturated carbocycles. The Balaban J connectivity index is 1.62. The van der Waals surface area contributed by atoms with Crippen molar-refractivity contribution in [2.45, 2.75) is 30.2 Å². The minimum Gasteiger partial charge on any atom is -0.366 e. The van der Waals surface area contributed by atoms with Crippen LogP contribution in [0.25, 0.3) is 0 Å². The van der Waals surface area contributed by atoms with Gasteiger partial charge >= 0.3 is 0 Å². The number of nitrogens with one attached hydrogen (secondary N) is 1. The van der Waals surface area contributed by atoms with E-state index in [0.29, 0.717) is 18.4 Å². The summed E-state index contributed by atoms with van der Waals surface area (Å²) in [6, 6.07) is 15.5. The summed E-state index contributed by atoms with van der Waals surface area (Å²) in [5, 5.41) is 3.13. The number of primary amides is 1. The van der Waals surface area contributed by atoms with Gasteiger partial charge in [-0.2, -0.15) is 0 Å². The van der Waals surface area contributed by atoms with Crippen molar-refractivity contribution in [1.29, 1.82) is 0 Å². The average Bonchev–Trinajstić information content (AvgIpc) is 2.60. The average molecular weight is 340 g/mol. The molecule has 1 heterocycles. The lowest BCUT2D eigenvalue weighted by Gasteiger charge is -2.26. The number of aryl methyl sites for hydroxylation is 1. The first-order valence-corrected chi connectivity index (χ1v) is 9.02. The quantitative estimate of drug-likeness (QED) is 0.878. The number of rotatable bonds is 5. The molecule has 1 aliphatic rings. The first kappa shape index (κ1) is 16.6. The topological polar surface area (TPSA) is 72.2 Å². The van der Waals surface area contributed by atoms with E-state index in [1.54, 1.807) is 12.1 Å². The second kappa shape index (κ2) is 7.53. The van der Waals surface area contributed by atoms with E-state index in [1.165, 1.54) is 10.5 Å². The molecule has 0 saturated heterocycles. The molecule has 0 aliphatic carbocycles. The van der Waals surface area contributed by atoms with Crippen LogP contribution in [0.1, 0.15) is 40.4 Å². The molecule has 0 bridgehead atoms. The first-order valence-electron chi connectivity index (χ1n) is 8.04. The lowest BCUT2D eigenvalue weighted by Crippen LogP contribution is -2.30. The van der Waals surface area contributed by atoms with Gasteiger partial charge in [-0.25, -0.2) is 0 Å². The second-order valence-electron chi connectivity index (χ2n) is 5.82. The number of hydrogen-bond donors (Lipinski definition) is 2. The molecule has 2 aromatic rings. The molecule has 4 nitrogen and oxygen atoms in total. The van der Waals surface area contributed by atoms with Crippen molar-refractivity contribution in [3.05, 3.63) is 65.2 Å². The van der Waals surface area contributed by atoms with Gasteiger partial charge in [-0.3, -0.25) is 9.59 Å². The van der Waals surface area contributed by atoms with Crippen LogP contribution in [0.4, 0.5) is 0 Å². The highest BCUT2D eigenvalue weighted by Gasteiger charge is 2.21. The fraction of sp³-hybridized carbons (Fsp3) is 0.263. The molecular weight excluding hydrogens is 320 g/mol. The van der Waals surface area contributed by atoms with E-state index in [2.05, 4.69) is 17.4 Å². The summed E-state index contributed by atoms with van der Waals surface area (Å²) in [5.74, 6) is 0.553. The summed E-state index contributed by atoms with van der Waals surface area (Å²) < 4.78 is 0. The molecule has 1 atom stereocenters. The molecule has 0 aromatic heterocycles. The van der Waals surface area contributed by atoms with E-state index in [1.807, 2.05) is 36.0 Å². The molecular formula is C19H20N2O2S. The molecule has 3 rings (SSSR count). The van der Waals surface area contributed by atoms with E-state index in [4.69, 9.17) is 5.73 Å². The molecule has 24 heavy (non-hydrogen) atoms. The Morgan fingerprint density at radius 1 is 1.12 bits per heavy atom. The minimum absolute atomic E-state index is 0.000904. The third kappa shape index (κ3) is 3.79. The molecule has 1 unspecified atom stereocenters. The molecule has 3 N–H and O–H groups in total. The Bertz CT molecular complexity index is 761. The SMILES string of the molecule is NC(=O)c1ccccc1CCC(=O)NC1CCSc2ccccc21. The maximum atomic E-state index is 12.3. The van der Waals surface area contributed by atoms with Crippen LogP contribution < -0.4 is 11.1 Å². The maximum Gasteiger partial charge on any atom is 0.248 e. The number of fused-ring (bicyclic) bond motifs is 1. The smallest absolute Gasteiger partial charge is 0.248 e. The van der Waals surface area contributed by atoms with Gasteiger partial charge in [-0.15, -0.1) is 11.8 Å². The number of nitrogens with two attached hydrogens (primary N) is 1. The lowest BCUT2D eigenvalue weighted by molar-refractivity contribution is -0.121. The van der Waals surface area contributed by atoms with Crippen LogP contribution in [0.3, 0.4) is 0 Å². The number of carbonyl (C=O) groups excluding carboxylic acids is 2. The van der Waals surface area contributed by atoms with Crippen molar-refractivity contribution in [2.75, 3.05) is 5.75 Å². The van der Waals surface area contributed by atoms with E-state index < -0.39 is 5.91 Å². The van der Waals surface area contributed by atoms with Crippen LogP contribution in [0, 0.1) is 0 Å². The monoisotopic (exact) mass is 340 g/mol. The first-order chi connectivity index (χ1) is 11.6. The van der Waals surface area contributed by atoms with Crippen LogP contribution in [-0.4, -0.2) is 17.6 Å². The number of thioether (sulfide) groups is 1. The van der Waals surface area contributed by atoms with Crippen LogP contribution in [0.5, 0.6) is 0 Å². The van der Waals surface area contributed by atoms with Crippen LogP contribution in [0.15, 0.2) is 53.4 Å². The summed E-state index contributed by atoms with van der Waals surface area (Å²) in [6.07, 6.45) is 1.79. The fourth-order valence-corrected chi connectivity index (χ4v) is 4.11. The normalized spacial score (nSPS) is 16.2. The Morgan fingerprint density at radius 2 is 1.88 bits per heavy atom. The van der Waals surface area contributed by atoms with Gasteiger partial charge in [0, 0.05) is 22.6 Å². The zero-order valence-electron chi connectivity index (χ0n) is 13.3. The third-order valence-electron chi connectivity index (χ3n) is 4.20. The number of amides is 2. The van der Waals surface area contributed by atoms with E-state index in [-0.39, 0.29) is 11.9 Å². The van der Waals surface area contributed by atoms with Gasteiger partial charge in [-0.05, 0) is 36.1 Å². The van der Waals surface area contributed by atoms with Gasteiger partial charge in [-0.1, -0.05) is 36.4 Å². The number of carbonyl (C=O) groups is 2. The van der Waals surface area contributed by atoms with Crippen molar-refractivity contribution in [3.8, 4) is 0 Å². The van der Waals surface area contributed by atoms with Crippen molar-refractivity contribution in [1.82, 2.24) is 5.32 Å². The second-order valence-corrected chi connectivity index (χ2v) is 6.95.